The monoisotopic (exact) mass is 260 g/mol. The predicted molar refractivity (Wildman–Crippen MR) is 80.7 cm³/mol. The molecule has 0 amide bonds. The molecule has 2 aromatic rings. The van der Waals surface area contributed by atoms with Gasteiger partial charge in [0.2, 0.25) is 0 Å². The highest BCUT2D eigenvalue weighted by atomic mass is 15.2. The highest BCUT2D eigenvalue weighted by Crippen LogP contribution is 2.24. The van der Waals surface area contributed by atoms with E-state index in [9.17, 15) is 0 Å². The van der Waals surface area contributed by atoms with Crippen molar-refractivity contribution in [1.29, 1.82) is 0 Å². The van der Waals surface area contributed by atoms with Crippen LogP contribution < -0.4 is 10.2 Å². The Labute approximate surface area is 115 Å². The minimum Gasteiger partial charge on any atom is -0.355 e. The van der Waals surface area contributed by atoms with Gasteiger partial charge in [0.15, 0.2) is 5.82 Å². The molecule has 4 nitrogen and oxygen atoms in total. The standard InChI is InChI=1S/C15H24N4/c1-11(2)12(3)18(5)15-13(10-16-4)19-9-7-6-8-14(19)17-15/h6-9,11-12,16H,10H2,1-5H3. The van der Waals surface area contributed by atoms with E-state index in [-0.39, 0.29) is 0 Å². The van der Waals surface area contributed by atoms with Gasteiger partial charge in [0.05, 0.1) is 5.69 Å². The number of aromatic nitrogens is 2. The molecule has 1 atom stereocenters. The van der Waals surface area contributed by atoms with Crippen molar-refractivity contribution in [3.05, 3.63) is 30.1 Å². The van der Waals surface area contributed by atoms with E-state index in [1.165, 1.54) is 5.69 Å². The van der Waals surface area contributed by atoms with Crippen LogP contribution >= 0.6 is 0 Å². The number of rotatable bonds is 5. The van der Waals surface area contributed by atoms with Crippen LogP contribution in [0.1, 0.15) is 26.5 Å². The molecule has 2 aromatic heterocycles. The SMILES string of the molecule is CNCc1c(N(C)C(C)C(C)C)nc2ccccn12. The lowest BCUT2D eigenvalue weighted by Crippen LogP contribution is -2.34. The Kier molecular flexibility index (Phi) is 4.10. The number of nitrogens with zero attached hydrogens (tertiary/aromatic N) is 3. The largest absolute Gasteiger partial charge is 0.355 e. The van der Waals surface area contributed by atoms with E-state index in [2.05, 4.69) is 54.7 Å². The number of nitrogens with one attached hydrogen (secondary N) is 1. The van der Waals surface area contributed by atoms with E-state index in [1.807, 2.05) is 19.2 Å². The van der Waals surface area contributed by atoms with Crippen molar-refractivity contribution in [2.45, 2.75) is 33.4 Å². The van der Waals surface area contributed by atoms with Crippen LogP contribution in [0.3, 0.4) is 0 Å². The van der Waals surface area contributed by atoms with Gasteiger partial charge in [0.1, 0.15) is 5.65 Å². The molecule has 0 spiro atoms. The van der Waals surface area contributed by atoms with Gasteiger partial charge in [0.25, 0.3) is 0 Å². The van der Waals surface area contributed by atoms with Crippen LogP contribution in [0.4, 0.5) is 5.82 Å². The van der Waals surface area contributed by atoms with Gasteiger partial charge in [0, 0.05) is 25.8 Å². The summed E-state index contributed by atoms with van der Waals surface area (Å²) in [6.45, 7) is 7.55. The van der Waals surface area contributed by atoms with E-state index in [4.69, 9.17) is 4.98 Å². The molecule has 0 aliphatic heterocycles. The van der Waals surface area contributed by atoms with Crippen LogP contribution in [-0.2, 0) is 6.54 Å². The second kappa shape index (κ2) is 5.61. The maximum Gasteiger partial charge on any atom is 0.152 e. The maximum absolute atomic E-state index is 4.78. The van der Waals surface area contributed by atoms with Gasteiger partial charge < -0.3 is 14.6 Å². The zero-order chi connectivity index (χ0) is 14.0. The number of hydrogen-bond donors (Lipinski definition) is 1. The van der Waals surface area contributed by atoms with Crippen LogP contribution in [0.5, 0.6) is 0 Å². The molecule has 0 aliphatic carbocycles. The average Bonchev–Trinajstić information content (AvgIpc) is 2.76. The Hall–Kier alpha value is -1.55. The summed E-state index contributed by atoms with van der Waals surface area (Å²) in [6.07, 6.45) is 2.08. The highest BCUT2D eigenvalue weighted by molar-refractivity contribution is 5.56. The molecule has 4 heteroatoms. The third-order valence-electron chi connectivity index (χ3n) is 3.86. The molecule has 0 bridgehead atoms. The lowest BCUT2D eigenvalue weighted by atomic mass is 10.1. The third-order valence-corrected chi connectivity index (χ3v) is 3.86. The highest BCUT2D eigenvalue weighted by Gasteiger charge is 2.20. The molecular formula is C15H24N4. The van der Waals surface area contributed by atoms with E-state index in [0.29, 0.717) is 12.0 Å². The van der Waals surface area contributed by atoms with Gasteiger partial charge in [-0.05, 0) is 32.0 Å². The molecule has 0 radical (unpaired) electrons. The summed E-state index contributed by atoms with van der Waals surface area (Å²) in [5.41, 5.74) is 2.22. The van der Waals surface area contributed by atoms with E-state index >= 15 is 0 Å². The summed E-state index contributed by atoms with van der Waals surface area (Å²) in [5.74, 6) is 1.67. The fraction of sp³-hybridized carbons (Fsp3) is 0.533. The number of anilines is 1. The van der Waals surface area contributed by atoms with Crippen molar-refractivity contribution < 1.29 is 0 Å². The van der Waals surface area contributed by atoms with E-state index in [1.54, 1.807) is 0 Å². The molecule has 0 aromatic carbocycles. The van der Waals surface area contributed by atoms with Crippen molar-refractivity contribution >= 4 is 11.5 Å². The summed E-state index contributed by atoms with van der Waals surface area (Å²) < 4.78 is 2.16. The average molecular weight is 260 g/mol. The minimum atomic E-state index is 0.459. The second-order valence-corrected chi connectivity index (χ2v) is 5.44. The summed E-state index contributed by atoms with van der Waals surface area (Å²) in [4.78, 5) is 7.07. The van der Waals surface area contributed by atoms with Crippen LogP contribution in [0.25, 0.3) is 5.65 Å². The zero-order valence-corrected chi connectivity index (χ0v) is 12.5. The van der Waals surface area contributed by atoms with Crippen LogP contribution in [0, 0.1) is 5.92 Å². The Morgan fingerprint density at radius 2 is 2.05 bits per heavy atom. The van der Waals surface area contributed by atoms with E-state index in [0.717, 1.165) is 18.0 Å². The smallest absolute Gasteiger partial charge is 0.152 e. The van der Waals surface area contributed by atoms with Gasteiger partial charge in [-0.25, -0.2) is 4.98 Å². The molecule has 2 rings (SSSR count). The van der Waals surface area contributed by atoms with Crippen LogP contribution in [-0.4, -0.2) is 29.5 Å². The molecule has 0 saturated carbocycles. The second-order valence-electron chi connectivity index (χ2n) is 5.44. The summed E-state index contributed by atoms with van der Waals surface area (Å²) in [7, 11) is 4.10. The number of pyridine rings is 1. The minimum absolute atomic E-state index is 0.459. The molecule has 1 N–H and O–H groups in total. The predicted octanol–water partition coefficient (Wildman–Crippen LogP) is 2.53. The Morgan fingerprint density at radius 3 is 2.68 bits per heavy atom. The quantitative estimate of drug-likeness (QED) is 0.896. The van der Waals surface area contributed by atoms with Gasteiger partial charge >= 0.3 is 0 Å². The first-order valence-corrected chi connectivity index (χ1v) is 6.89. The van der Waals surface area contributed by atoms with Gasteiger partial charge in [-0.3, -0.25) is 0 Å². The first-order chi connectivity index (χ1) is 9.06. The fourth-order valence-electron chi connectivity index (χ4n) is 2.29. The Morgan fingerprint density at radius 1 is 1.32 bits per heavy atom. The van der Waals surface area contributed by atoms with Gasteiger partial charge in [-0.2, -0.15) is 0 Å². The number of imidazole rings is 1. The lowest BCUT2D eigenvalue weighted by Gasteiger charge is -2.29. The van der Waals surface area contributed by atoms with Crippen molar-refractivity contribution in [1.82, 2.24) is 14.7 Å². The molecule has 2 heterocycles. The van der Waals surface area contributed by atoms with Crippen molar-refractivity contribution in [2.24, 2.45) is 5.92 Å². The topological polar surface area (TPSA) is 32.6 Å². The van der Waals surface area contributed by atoms with Crippen LogP contribution in [0.2, 0.25) is 0 Å². The van der Waals surface area contributed by atoms with Crippen molar-refractivity contribution in [3.8, 4) is 0 Å². The number of hydrogen-bond acceptors (Lipinski definition) is 3. The van der Waals surface area contributed by atoms with Crippen molar-refractivity contribution in [2.75, 3.05) is 19.0 Å². The lowest BCUT2D eigenvalue weighted by molar-refractivity contribution is 0.501. The normalized spacial score (nSPS) is 13.2. The summed E-state index contributed by atoms with van der Waals surface area (Å²) in [6, 6.07) is 6.58. The fourth-order valence-corrected chi connectivity index (χ4v) is 2.29. The Bertz CT molecular complexity index is 544. The molecule has 1 unspecified atom stereocenters. The van der Waals surface area contributed by atoms with Crippen molar-refractivity contribution in [3.63, 3.8) is 0 Å². The first-order valence-electron chi connectivity index (χ1n) is 6.89. The van der Waals surface area contributed by atoms with E-state index < -0.39 is 0 Å². The van der Waals surface area contributed by atoms with Gasteiger partial charge in [-0.15, -0.1) is 0 Å². The molecule has 0 saturated heterocycles. The number of fused-ring (bicyclic) bond motifs is 1. The molecule has 104 valence electrons. The zero-order valence-electron chi connectivity index (χ0n) is 12.5. The molecule has 19 heavy (non-hydrogen) atoms. The Balaban J connectivity index is 2.49. The summed E-state index contributed by atoms with van der Waals surface area (Å²) >= 11 is 0. The van der Waals surface area contributed by atoms with Crippen LogP contribution in [0.15, 0.2) is 24.4 Å². The maximum atomic E-state index is 4.78. The summed E-state index contributed by atoms with van der Waals surface area (Å²) in [5, 5.41) is 3.24. The third kappa shape index (κ3) is 2.59. The first kappa shape index (κ1) is 13.9. The molecular weight excluding hydrogens is 236 g/mol. The molecule has 0 fully saturated rings. The van der Waals surface area contributed by atoms with Gasteiger partial charge in [-0.1, -0.05) is 19.9 Å². The molecule has 0 aliphatic rings.